The highest BCUT2D eigenvalue weighted by Gasteiger charge is 2.43. The van der Waals surface area contributed by atoms with E-state index in [1.54, 1.807) is 0 Å². The molecule has 3 aliphatic rings. The van der Waals surface area contributed by atoms with Gasteiger partial charge in [-0.05, 0) is 38.5 Å². The van der Waals surface area contributed by atoms with E-state index in [4.69, 9.17) is 4.74 Å². The van der Waals surface area contributed by atoms with Crippen LogP contribution in [0.5, 0.6) is 0 Å². The summed E-state index contributed by atoms with van der Waals surface area (Å²) in [6.45, 7) is 0.823. The third-order valence-electron chi connectivity index (χ3n) is 5.17. The molecule has 1 atom stereocenters. The van der Waals surface area contributed by atoms with Gasteiger partial charge in [0.1, 0.15) is 5.78 Å². The van der Waals surface area contributed by atoms with E-state index in [9.17, 15) is 4.79 Å². The second-order valence-corrected chi connectivity index (χ2v) is 6.31. The van der Waals surface area contributed by atoms with Crippen molar-refractivity contribution >= 4 is 5.78 Å². The molecule has 1 heterocycles. The number of ether oxygens (including phenoxy) is 1. The van der Waals surface area contributed by atoms with Gasteiger partial charge in [0.2, 0.25) is 0 Å². The van der Waals surface area contributed by atoms with Gasteiger partial charge < -0.3 is 4.74 Å². The molecule has 96 valence electrons. The van der Waals surface area contributed by atoms with Gasteiger partial charge in [-0.3, -0.25) is 4.79 Å². The van der Waals surface area contributed by atoms with E-state index in [1.807, 2.05) is 0 Å². The van der Waals surface area contributed by atoms with Gasteiger partial charge in [0, 0.05) is 18.4 Å². The predicted molar refractivity (Wildman–Crippen MR) is 66.8 cm³/mol. The van der Waals surface area contributed by atoms with Gasteiger partial charge in [0.25, 0.3) is 0 Å². The van der Waals surface area contributed by atoms with Crippen molar-refractivity contribution in [2.24, 2.45) is 11.8 Å². The monoisotopic (exact) mass is 236 g/mol. The second-order valence-electron chi connectivity index (χ2n) is 6.31. The molecule has 0 N–H and O–H groups in total. The fourth-order valence-corrected chi connectivity index (χ4v) is 4.18. The molecular weight excluding hydrogens is 212 g/mol. The minimum absolute atomic E-state index is 0.108. The van der Waals surface area contributed by atoms with Gasteiger partial charge in [0.15, 0.2) is 0 Å². The van der Waals surface area contributed by atoms with Crippen LogP contribution in [-0.2, 0) is 9.53 Å². The summed E-state index contributed by atoms with van der Waals surface area (Å²) in [4.78, 5) is 12.5. The number of hydrogen-bond donors (Lipinski definition) is 0. The van der Waals surface area contributed by atoms with Crippen molar-refractivity contribution in [3.8, 4) is 0 Å². The summed E-state index contributed by atoms with van der Waals surface area (Å²) in [5.74, 6) is 1.30. The standard InChI is InChI=1S/C15H24O2/c16-14(12-5-1-2-6-12)13-7-10-17-15(11-13)8-3-4-9-15/h12-13H,1-11H2. The fraction of sp³-hybridized carbons (Fsp3) is 0.933. The Hall–Kier alpha value is -0.370. The van der Waals surface area contributed by atoms with Gasteiger partial charge in [-0.1, -0.05) is 25.7 Å². The Morgan fingerprint density at radius 3 is 2.35 bits per heavy atom. The number of Topliss-reactive ketones (excluding diaryl/α,β-unsaturated/α-hetero) is 1. The maximum Gasteiger partial charge on any atom is 0.139 e. The minimum atomic E-state index is 0.108. The molecule has 0 aromatic rings. The maximum absolute atomic E-state index is 12.5. The summed E-state index contributed by atoms with van der Waals surface area (Å²) in [6.07, 6.45) is 11.8. The number of ketones is 1. The summed E-state index contributed by atoms with van der Waals surface area (Å²) >= 11 is 0. The summed E-state index contributed by atoms with van der Waals surface area (Å²) < 4.78 is 6.02. The largest absolute Gasteiger partial charge is 0.375 e. The van der Waals surface area contributed by atoms with E-state index in [0.717, 1.165) is 32.3 Å². The first-order chi connectivity index (χ1) is 8.29. The highest BCUT2D eigenvalue weighted by Crippen LogP contribution is 2.43. The average molecular weight is 236 g/mol. The molecule has 1 aliphatic heterocycles. The summed E-state index contributed by atoms with van der Waals surface area (Å²) in [7, 11) is 0. The molecule has 0 amide bonds. The Kier molecular flexibility index (Phi) is 3.25. The molecule has 2 saturated carbocycles. The van der Waals surface area contributed by atoms with Crippen LogP contribution < -0.4 is 0 Å². The van der Waals surface area contributed by atoms with E-state index >= 15 is 0 Å². The van der Waals surface area contributed by atoms with Crippen LogP contribution in [0, 0.1) is 11.8 Å². The van der Waals surface area contributed by atoms with Crippen molar-refractivity contribution in [1.29, 1.82) is 0 Å². The Balaban J connectivity index is 1.64. The zero-order valence-corrected chi connectivity index (χ0v) is 10.7. The van der Waals surface area contributed by atoms with Crippen LogP contribution in [0.4, 0.5) is 0 Å². The summed E-state index contributed by atoms with van der Waals surface area (Å²) in [6, 6.07) is 0. The minimum Gasteiger partial charge on any atom is -0.375 e. The molecule has 0 bridgehead atoms. The highest BCUT2D eigenvalue weighted by atomic mass is 16.5. The van der Waals surface area contributed by atoms with Crippen molar-refractivity contribution < 1.29 is 9.53 Å². The van der Waals surface area contributed by atoms with Gasteiger partial charge in [-0.2, -0.15) is 0 Å². The van der Waals surface area contributed by atoms with Crippen molar-refractivity contribution in [3.63, 3.8) is 0 Å². The first-order valence-electron chi connectivity index (χ1n) is 7.47. The third-order valence-corrected chi connectivity index (χ3v) is 5.17. The lowest BCUT2D eigenvalue weighted by Crippen LogP contribution is -2.41. The zero-order valence-electron chi connectivity index (χ0n) is 10.7. The van der Waals surface area contributed by atoms with E-state index in [-0.39, 0.29) is 5.60 Å². The molecule has 1 spiro atoms. The molecule has 2 nitrogen and oxygen atoms in total. The van der Waals surface area contributed by atoms with Crippen LogP contribution in [0.3, 0.4) is 0 Å². The predicted octanol–water partition coefficient (Wildman–Crippen LogP) is 3.49. The first kappa shape index (κ1) is 11.7. The average Bonchev–Trinajstić information content (AvgIpc) is 3.00. The van der Waals surface area contributed by atoms with Crippen LogP contribution >= 0.6 is 0 Å². The van der Waals surface area contributed by atoms with E-state index < -0.39 is 0 Å². The lowest BCUT2D eigenvalue weighted by Gasteiger charge is -2.38. The second kappa shape index (κ2) is 4.72. The normalized spacial score (nSPS) is 33.3. The molecule has 0 aromatic heterocycles. The fourth-order valence-electron chi connectivity index (χ4n) is 4.18. The number of hydrogen-bond acceptors (Lipinski definition) is 2. The molecular formula is C15H24O2. The third kappa shape index (κ3) is 2.29. The van der Waals surface area contributed by atoms with E-state index in [1.165, 1.54) is 38.5 Å². The number of carbonyl (C=O) groups is 1. The Morgan fingerprint density at radius 2 is 1.65 bits per heavy atom. The van der Waals surface area contributed by atoms with Crippen molar-refractivity contribution in [2.75, 3.05) is 6.61 Å². The molecule has 2 aliphatic carbocycles. The molecule has 0 radical (unpaired) electrons. The van der Waals surface area contributed by atoms with Crippen LogP contribution in [0.15, 0.2) is 0 Å². The smallest absolute Gasteiger partial charge is 0.139 e. The SMILES string of the molecule is O=C(C1CCCC1)C1CCOC2(CCCC2)C1. The van der Waals surface area contributed by atoms with Crippen molar-refractivity contribution in [2.45, 2.75) is 69.8 Å². The molecule has 2 heteroatoms. The maximum atomic E-state index is 12.5. The van der Waals surface area contributed by atoms with Gasteiger partial charge >= 0.3 is 0 Å². The number of rotatable bonds is 2. The topological polar surface area (TPSA) is 26.3 Å². The van der Waals surface area contributed by atoms with Crippen LogP contribution in [0.2, 0.25) is 0 Å². The van der Waals surface area contributed by atoms with Crippen LogP contribution in [-0.4, -0.2) is 18.0 Å². The summed E-state index contributed by atoms with van der Waals surface area (Å²) in [5.41, 5.74) is 0.108. The molecule has 1 unspecified atom stereocenters. The lowest BCUT2D eigenvalue weighted by atomic mass is 9.79. The van der Waals surface area contributed by atoms with Gasteiger partial charge in [0.05, 0.1) is 5.60 Å². The highest BCUT2D eigenvalue weighted by molar-refractivity contribution is 5.83. The first-order valence-corrected chi connectivity index (χ1v) is 7.47. The van der Waals surface area contributed by atoms with E-state index in [0.29, 0.717) is 17.6 Å². The van der Waals surface area contributed by atoms with Crippen LogP contribution in [0.1, 0.15) is 64.2 Å². The summed E-state index contributed by atoms with van der Waals surface area (Å²) in [5, 5.41) is 0. The van der Waals surface area contributed by atoms with Crippen molar-refractivity contribution in [3.05, 3.63) is 0 Å². The molecule has 17 heavy (non-hydrogen) atoms. The zero-order chi connectivity index (χ0) is 11.7. The molecule has 3 fully saturated rings. The van der Waals surface area contributed by atoms with Crippen LogP contribution in [0.25, 0.3) is 0 Å². The van der Waals surface area contributed by atoms with Gasteiger partial charge in [-0.25, -0.2) is 0 Å². The van der Waals surface area contributed by atoms with Gasteiger partial charge in [-0.15, -0.1) is 0 Å². The van der Waals surface area contributed by atoms with E-state index in [2.05, 4.69) is 0 Å². The molecule has 0 aromatic carbocycles. The lowest BCUT2D eigenvalue weighted by molar-refractivity contribution is -0.139. The quantitative estimate of drug-likeness (QED) is 0.733. The Morgan fingerprint density at radius 1 is 0.941 bits per heavy atom. The number of carbonyl (C=O) groups excluding carboxylic acids is 1. The molecule has 1 saturated heterocycles. The Labute approximate surface area is 104 Å². The van der Waals surface area contributed by atoms with Crippen molar-refractivity contribution in [1.82, 2.24) is 0 Å². The molecule has 3 rings (SSSR count). The Bertz CT molecular complexity index is 285.